The highest BCUT2D eigenvalue weighted by Crippen LogP contribution is 2.51. The molecule has 0 amide bonds. The Kier molecular flexibility index (Phi) is 4.68. The van der Waals surface area contributed by atoms with Crippen LogP contribution in [0, 0.1) is 6.57 Å². The molecular weight excluding hydrogens is 510 g/mol. The van der Waals surface area contributed by atoms with Gasteiger partial charge < -0.3 is 0 Å². The van der Waals surface area contributed by atoms with Gasteiger partial charge in [0.1, 0.15) is 0 Å². The first kappa shape index (κ1) is 22.9. The summed E-state index contributed by atoms with van der Waals surface area (Å²) in [5.74, 6) is 0. The predicted molar refractivity (Wildman–Crippen MR) is 174 cm³/mol. The van der Waals surface area contributed by atoms with Crippen molar-refractivity contribution in [3.63, 3.8) is 0 Å². The fourth-order valence-corrected chi connectivity index (χ4v) is 6.93. The van der Waals surface area contributed by atoms with Crippen molar-refractivity contribution in [3.8, 4) is 44.5 Å². The number of hydrogen-bond donors (Lipinski definition) is 0. The summed E-state index contributed by atoms with van der Waals surface area (Å²) in [5, 5.41) is 9.61. The van der Waals surface area contributed by atoms with Gasteiger partial charge in [-0.15, -0.1) is 0 Å². The molecule has 0 N–H and O–H groups in total. The van der Waals surface area contributed by atoms with E-state index in [-0.39, 0.29) is 0 Å². The summed E-state index contributed by atoms with van der Waals surface area (Å²) in [5.41, 5.74) is 10.3. The van der Waals surface area contributed by atoms with E-state index in [0.29, 0.717) is 5.69 Å². The van der Waals surface area contributed by atoms with Gasteiger partial charge in [0, 0.05) is 24.8 Å². The number of hydrogen-bond acceptors (Lipinski definition) is 2. The van der Waals surface area contributed by atoms with Crippen LogP contribution in [0.1, 0.15) is 0 Å². The van der Waals surface area contributed by atoms with Crippen molar-refractivity contribution in [1.29, 1.82) is 0 Å². The van der Waals surface area contributed by atoms with E-state index in [2.05, 4.69) is 93.7 Å². The standard InChI is InChI=1S/C39H21N3/c1-40-26-8-9-27-32(18-26)30(23-10-14-41-15-11-23)20-37-33(27)19-31(24-12-16-42-17-13-24)36-21-34-28-6-2-4-25-5-3-7-29(39(25)28)35(34)22-38(36)37/h2-22H. The van der Waals surface area contributed by atoms with Crippen molar-refractivity contribution >= 4 is 48.8 Å². The van der Waals surface area contributed by atoms with Crippen LogP contribution < -0.4 is 0 Å². The second kappa shape index (κ2) is 8.57. The molecule has 1 aliphatic carbocycles. The van der Waals surface area contributed by atoms with Gasteiger partial charge in [0.25, 0.3) is 0 Å². The zero-order valence-electron chi connectivity index (χ0n) is 22.5. The van der Waals surface area contributed by atoms with Crippen molar-refractivity contribution in [2.45, 2.75) is 0 Å². The SMILES string of the molecule is [C-]#[N+]c1ccc2c(c1)c(-c1ccncc1)cc1c3cc4c(cc3c(-c3ccncc3)cc21)-c1cccc2cccc-4c12. The third kappa shape index (κ3) is 3.15. The van der Waals surface area contributed by atoms with Gasteiger partial charge in [-0.25, -0.2) is 4.85 Å². The van der Waals surface area contributed by atoms with E-state index in [4.69, 9.17) is 6.57 Å². The van der Waals surface area contributed by atoms with E-state index >= 15 is 0 Å². The molecule has 3 heteroatoms. The molecule has 1 aliphatic rings. The van der Waals surface area contributed by atoms with E-state index < -0.39 is 0 Å². The van der Waals surface area contributed by atoms with Gasteiger partial charge in [0.15, 0.2) is 5.69 Å². The highest BCUT2D eigenvalue weighted by molar-refractivity contribution is 6.27. The molecule has 9 rings (SSSR count). The van der Waals surface area contributed by atoms with E-state index in [9.17, 15) is 0 Å². The van der Waals surface area contributed by atoms with Gasteiger partial charge in [-0.1, -0.05) is 48.5 Å². The second-order valence-electron chi connectivity index (χ2n) is 10.9. The third-order valence-corrected chi connectivity index (χ3v) is 8.79. The Morgan fingerprint density at radius 2 is 0.929 bits per heavy atom. The lowest BCUT2D eigenvalue weighted by atomic mass is 9.86. The molecule has 192 valence electrons. The molecule has 0 radical (unpaired) electrons. The van der Waals surface area contributed by atoms with Gasteiger partial charge in [0.05, 0.1) is 6.57 Å². The smallest absolute Gasteiger partial charge is 0.187 e. The van der Waals surface area contributed by atoms with E-state index in [0.717, 1.165) is 27.5 Å². The molecule has 2 aromatic heterocycles. The normalized spacial score (nSPS) is 11.8. The quantitative estimate of drug-likeness (QED) is 0.164. The molecule has 6 aromatic carbocycles. The van der Waals surface area contributed by atoms with Crippen LogP contribution in [-0.2, 0) is 0 Å². The Morgan fingerprint density at radius 1 is 0.429 bits per heavy atom. The molecule has 8 aromatic rings. The van der Waals surface area contributed by atoms with Crippen LogP contribution >= 0.6 is 0 Å². The molecule has 0 aliphatic heterocycles. The Bertz CT molecular complexity index is 2450. The first-order chi connectivity index (χ1) is 20.8. The predicted octanol–water partition coefficient (Wildman–Crippen LogP) is 10.6. The summed E-state index contributed by atoms with van der Waals surface area (Å²) in [4.78, 5) is 12.3. The minimum atomic E-state index is 0.635. The Hall–Kier alpha value is -5.85. The molecule has 0 atom stereocenters. The topological polar surface area (TPSA) is 30.1 Å². The van der Waals surface area contributed by atoms with Gasteiger partial charge in [-0.05, 0) is 142 Å². The van der Waals surface area contributed by atoms with Crippen molar-refractivity contribution in [3.05, 3.63) is 139 Å². The minimum absolute atomic E-state index is 0.635. The number of aromatic nitrogens is 2. The number of nitrogens with zero attached hydrogens (tertiary/aromatic N) is 3. The molecule has 3 nitrogen and oxygen atoms in total. The molecule has 2 heterocycles. The van der Waals surface area contributed by atoms with Crippen LogP contribution in [0.3, 0.4) is 0 Å². The number of rotatable bonds is 2. The molecule has 0 unspecified atom stereocenters. The lowest BCUT2D eigenvalue weighted by Gasteiger charge is -2.17. The highest BCUT2D eigenvalue weighted by Gasteiger charge is 2.24. The van der Waals surface area contributed by atoms with Crippen LogP contribution in [-0.4, -0.2) is 9.97 Å². The molecule has 42 heavy (non-hydrogen) atoms. The summed E-state index contributed by atoms with van der Waals surface area (Å²) in [7, 11) is 0. The van der Waals surface area contributed by atoms with Gasteiger partial charge in [-0.2, -0.15) is 0 Å². The van der Waals surface area contributed by atoms with Gasteiger partial charge >= 0.3 is 0 Å². The first-order valence-corrected chi connectivity index (χ1v) is 14.0. The molecule has 0 fully saturated rings. The third-order valence-electron chi connectivity index (χ3n) is 8.79. The minimum Gasteiger partial charge on any atom is -0.265 e. The van der Waals surface area contributed by atoms with Gasteiger partial charge in [-0.3, -0.25) is 9.97 Å². The summed E-state index contributed by atoms with van der Waals surface area (Å²) >= 11 is 0. The summed E-state index contributed by atoms with van der Waals surface area (Å²) in [6.07, 6.45) is 7.39. The molecule has 0 bridgehead atoms. The maximum atomic E-state index is 7.69. The van der Waals surface area contributed by atoms with Crippen LogP contribution in [0.4, 0.5) is 5.69 Å². The van der Waals surface area contributed by atoms with Crippen molar-refractivity contribution in [1.82, 2.24) is 9.97 Å². The molecule has 0 saturated heterocycles. The van der Waals surface area contributed by atoms with E-state index in [1.807, 2.05) is 49.1 Å². The maximum Gasteiger partial charge on any atom is 0.187 e. The largest absolute Gasteiger partial charge is 0.265 e. The highest BCUT2D eigenvalue weighted by atomic mass is 14.6. The van der Waals surface area contributed by atoms with Crippen molar-refractivity contribution in [2.24, 2.45) is 0 Å². The van der Waals surface area contributed by atoms with Gasteiger partial charge in [0.2, 0.25) is 0 Å². The summed E-state index contributed by atoms with van der Waals surface area (Å²) < 4.78 is 0. The van der Waals surface area contributed by atoms with Crippen LogP contribution in [0.5, 0.6) is 0 Å². The second-order valence-corrected chi connectivity index (χ2v) is 10.9. The number of fused-ring (bicyclic) bond motifs is 8. The lowest BCUT2D eigenvalue weighted by molar-refractivity contribution is 1.33. The number of pyridine rings is 2. The first-order valence-electron chi connectivity index (χ1n) is 14.0. The van der Waals surface area contributed by atoms with Crippen molar-refractivity contribution < 1.29 is 0 Å². The summed E-state index contributed by atoms with van der Waals surface area (Å²) in [6, 6.07) is 37.0. The average molecular weight is 532 g/mol. The Labute approximate surface area is 242 Å². The average Bonchev–Trinajstić information content (AvgIpc) is 3.37. The van der Waals surface area contributed by atoms with Crippen LogP contribution in [0.25, 0.3) is 92.4 Å². The van der Waals surface area contributed by atoms with Crippen molar-refractivity contribution in [2.75, 3.05) is 0 Å². The monoisotopic (exact) mass is 531 g/mol. The summed E-state index contributed by atoms with van der Waals surface area (Å²) in [6.45, 7) is 7.69. The maximum absolute atomic E-state index is 7.69. The molecular formula is C39H21N3. The van der Waals surface area contributed by atoms with E-state index in [1.54, 1.807) is 0 Å². The molecule has 0 spiro atoms. The van der Waals surface area contributed by atoms with Crippen LogP contribution in [0.15, 0.2) is 128 Å². The number of benzene rings is 6. The zero-order chi connectivity index (χ0) is 27.8. The Balaban J connectivity index is 1.49. The lowest BCUT2D eigenvalue weighted by Crippen LogP contribution is -1.91. The molecule has 0 saturated carbocycles. The van der Waals surface area contributed by atoms with E-state index in [1.165, 1.54) is 60.1 Å². The Morgan fingerprint density at radius 3 is 1.52 bits per heavy atom. The fourth-order valence-electron chi connectivity index (χ4n) is 6.93. The zero-order valence-corrected chi connectivity index (χ0v) is 22.5. The van der Waals surface area contributed by atoms with Crippen LogP contribution in [0.2, 0.25) is 0 Å². The fraction of sp³-hybridized carbons (Fsp3) is 0.